The van der Waals surface area contributed by atoms with Gasteiger partial charge in [0.05, 0.1) is 6.54 Å². The summed E-state index contributed by atoms with van der Waals surface area (Å²) in [6.07, 6.45) is 1.70. The largest absolute Gasteiger partial charge is 0.477 e. The molecule has 0 aliphatic heterocycles. The summed E-state index contributed by atoms with van der Waals surface area (Å²) >= 11 is 3.24. The normalized spacial score (nSPS) is 10.6. The van der Waals surface area contributed by atoms with Crippen LogP contribution in [-0.2, 0) is 6.54 Å². The maximum atomic E-state index is 10.9. The number of nitrogens with zero attached hydrogens (tertiary/aromatic N) is 2. The van der Waals surface area contributed by atoms with Crippen molar-refractivity contribution in [2.24, 2.45) is 0 Å². The molecule has 1 N–H and O–H groups in total. The minimum absolute atomic E-state index is 0.215. The van der Waals surface area contributed by atoms with E-state index in [0.29, 0.717) is 18.0 Å². The average molecular weight is 285 g/mol. The van der Waals surface area contributed by atoms with Gasteiger partial charge in [-0.1, -0.05) is 5.16 Å². The molecule has 0 fully saturated rings. The molecule has 0 bridgehead atoms. The van der Waals surface area contributed by atoms with Crippen molar-refractivity contribution in [3.63, 3.8) is 0 Å². The molecule has 84 valence electrons. The van der Waals surface area contributed by atoms with Gasteiger partial charge in [0.1, 0.15) is 17.1 Å². The number of halogens is 1. The number of aryl methyl sites for hydroxylation is 1. The van der Waals surface area contributed by atoms with Crippen LogP contribution in [0, 0.1) is 6.92 Å². The van der Waals surface area contributed by atoms with E-state index in [0.717, 1.165) is 4.47 Å². The summed E-state index contributed by atoms with van der Waals surface area (Å²) in [6, 6.07) is 3.33. The Morgan fingerprint density at radius 2 is 2.38 bits per heavy atom. The second-order valence-corrected chi connectivity index (χ2v) is 4.32. The van der Waals surface area contributed by atoms with Crippen LogP contribution >= 0.6 is 15.9 Å². The van der Waals surface area contributed by atoms with Crippen LogP contribution in [0.4, 0.5) is 0 Å². The smallest absolute Gasteiger partial charge is 0.352 e. The predicted octanol–water partition coefficient (Wildman–Crippen LogP) is 2.29. The Kier molecular flexibility index (Phi) is 2.82. The molecule has 0 aliphatic carbocycles. The van der Waals surface area contributed by atoms with Gasteiger partial charge in [-0.2, -0.15) is 0 Å². The number of carbonyl (C=O) groups is 1. The van der Waals surface area contributed by atoms with Gasteiger partial charge in [0, 0.05) is 16.7 Å². The second-order valence-electron chi connectivity index (χ2n) is 3.41. The summed E-state index contributed by atoms with van der Waals surface area (Å²) in [7, 11) is 0. The first-order valence-corrected chi connectivity index (χ1v) is 5.36. The Balaban J connectivity index is 2.30. The Hall–Kier alpha value is -1.56. The Morgan fingerprint density at radius 3 is 2.94 bits per heavy atom. The highest BCUT2D eigenvalue weighted by molar-refractivity contribution is 9.10. The molecule has 0 aliphatic rings. The number of aromatic carboxylic acids is 1. The molecule has 2 aromatic heterocycles. The van der Waals surface area contributed by atoms with Gasteiger partial charge >= 0.3 is 5.97 Å². The first-order valence-electron chi connectivity index (χ1n) is 4.57. The Labute approximate surface area is 99.8 Å². The van der Waals surface area contributed by atoms with Crippen molar-refractivity contribution in [1.82, 2.24) is 9.72 Å². The number of carboxylic acids is 1. The summed E-state index contributed by atoms with van der Waals surface area (Å²) in [5, 5.41) is 12.8. The van der Waals surface area contributed by atoms with Crippen LogP contribution in [0.15, 0.2) is 27.3 Å². The lowest BCUT2D eigenvalue weighted by Gasteiger charge is -2.02. The van der Waals surface area contributed by atoms with Gasteiger partial charge in [0.2, 0.25) is 0 Å². The summed E-state index contributed by atoms with van der Waals surface area (Å²) in [5.74, 6) is -0.260. The fraction of sp³-hybridized carbons (Fsp3) is 0.200. The molecule has 0 saturated carbocycles. The van der Waals surface area contributed by atoms with Gasteiger partial charge in [-0.05, 0) is 28.9 Å². The van der Waals surface area contributed by atoms with Crippen LogP contribution in [0.1, 0.15) is 21.9 Å². The lowest BCUT2D eigenvalue weighted by molar-refractivity contribution is 0.0685. The molecule has 0 amide bonds. The van der Waals surface area contributed by atoms with Crippen LogP contribution < -0.4 is 0 Å². The predicted molar refractivity (Wildman–Crippen MR) is 59.4 cm³/mol. The van der Waals surface area contributed by atoms with E-state index in [2.05, 4.69) is 21.1 Å². The molecule has 0 atom stereocenters. The first kappa shape index (κ1) is 10.9. The summed E-state index contributed by atoms with van der Waals surface area (Å²) in [4.78, 5) is 10.9. The standard InChI is InChI=1S/C10H9BrN2O3/c1-6-2-8(12-16-6)5-13-4-7(11)3-9(13)10(14)15/h2-4H,5H2,1H3,(H,14,15). The fourth-order valence-electron chi connectivity index (χ4n) is 1.45. The third-order valence-corrected chi connectivity index (χ3v) is 2.53. The molecule has 0 spiro atoms. The minimum Gasteiger partial charge on any atom is -0.477 e. The molecule has 2 heterocycles. The molecular weight excluding hydrogens is 276 g/mol. The molecule has 0 radical (unpaired) electrons. The number of rotatable bonds is 3. The van der Waals surface area contributed by atoms with Gasteiger partial charge in [-0.3, -0.25) is 0 Å². The molecule has 6 heteroatoms. The van der Waals surface area contributed by atoms with Crippen molar-refractivity contribution >= 4 is 21.9 Å². The lowest BCUT2D eigenvalue weighted by atomic mass is 10.3. The van der Waals surface area contributed by atoms with Crippen molar-refractivity contribution in [1.29, 1.82) is 0 Å². The molecule has 16 heavy (non-hydrogen) atoms. The Morgan fingerprint density at radius 1 is 1.62 bits per heavy atom. The minimum atomic E-state index is -0.967. The third-order valence-electron chi connectivity index (χ3n) is 2.09. The van der Waals surface area contributed by atoms with Gasteiger partial charge in [-0.25, -0.2) is 4.79 Å². The molecule has 0 aromatic carbocycles. The monoisotopic (exact) mass is 284 g/mol. The number of carboxylic acid groups (broad SMARTS) is 1. The van der Waals surface area contributed by atoms with Crippen LogP contribution in [0.2, 0.25) is 0 Å². The number of hydrogen-bond donors (Lipinski definition) is 1. The van der Waals surface area contributed by atoms with Gasteiger partial charge < -0.3 is 14.2 Å². The van der Waals surface area contributed by atoms with Crippen molar-refractivity contribution in [3.05, 3.63) is 40.0 Å². The number of hydrogen-bond acceptors (Lipinski definition) is 3. The number of aromatic nitrogens is 2. The average Bonchev–Trinajstić information content (AvgIpc) is 2.74. The van der Waals surface area contributed by atoms with Crippen LogP contribution in [-0.4, -0.2) is 20.8 Å². The lowest BCUT2D eigenvalue weighted by Crippen LogP contribution is -2.08. The molecule has 2 rings (SSSR count). The maximum absolute atomic E-state index is 10.9. The highest BCUT2D eigenvalue weighted by Crippen LogP contribution is 2.16. The van der Waals surface area contributed by atoms with Crippen molar-refractivity contribution in [2.75, 3.05) is 0 Å². The van der Waals surface area contributed by atoms with E-state index in [1.807, 2.05) is 0 Å². The van der Waals surface area contributed by atoms with Crippen molar-refractivity contribution in [3.8, 4) is 0 Å². The zero-order valence-electron chi connectivity index (χ0n) is 8.48. The summed E-state index contributed by atoms with van der Waals surface area (Å²) in [5.41, 5.74) is 0.913. The van der Waals surface area contributed by atoms with E-state index in [1.165, 1.54) is 0 Å². The quantitative estimate of drug-likeness (QED) is 0.939. The molecule has 5 nitrogen and oxygen atoms in total. The molecular formula is C10H9BrN2O3. The van der Waals surface area contributed by atoms with E-state index in [-0.39, 0.29) is 5.69 Å². The summed E-state index contributed by atoms with van der Waals surface area (Å²) in [6.45, 7) is 2.17. The van der Waals surface area contributed by atoms with Crippen molar-refractivity contribution in [2.45, 2.75) is 13.5 Å². The summed E-state index contributed by atoms with van der Waals surface area (Å²) < 4.78 is 7.25. The van der Waals surface area contributed by atoms with Crippen LogP contribution in [0.3, 0.4) is 0 Å². The topological polar surface area (TPSA) is 68.3 Å². The van der Waals surface area contributed by atoms with E-state index < -0.39 is 5.97 Å². The molecule has 0 unspecified atom stereocenters. The fourth-order valence-corrected chi connectivity index (χ4v) is 1.92. The van der Waals surface area contributed by atoms with Crippen LogP contribution in [0.5, 0.6) is 0 Å². The highest BCUT2D eigenvalue weighted by atomic mass is 79.9. The third kappa shape index (κ3) is 2.16. The van der Waals surface area contributed by atoms with E-state index in [1.54, 1.807) is 29.8 Å². The highest BCUT2D eigenvalue weighted by Gasteiger charge is 2.12. The van der Waals surface area contributed by atoms with Gasteiger partial charge in [0.25, 0.3) is 0 Å². The van der Waals surface area contributed by atoms with Crippen LogP contribution in [0.25, 0.3) is 0 Å². The molecule has 2 aromatic rings. The first-order chi connectivity index (χ1) is 7.56. The van der Waals surface area contributed by atoms with Gasteiger partial charge in [-0.15, -0.1) is 0 Å². The van der Waals surface area contributed by atoms with E-state index in [4.69, 9.17) is 9.63 Å². The SMILES string of the molecule is Cc1cc(Cn2cc(Br)cc2C(=O)O)no1. The van der Waals surface area contributed by atoms with Gasteiger partial charge in [0.15, 0.2) is 0 Å². The second kappa shape index (κ2) is 4.13. The molecule has 0 saturated heterocycles. The maximum Gasteiger partial charge on any atom is 0.352 e. The van der Waals surface area contributed by atoms with Crippen molar-refractivity contribution < 1.29 is 14.4 Å². The van der Waals surface area contributed by atoms with E-state index in [9.17, 15) is 4.79 Å². The Bertz CT molecular complexity index is 530. The zero-order chi connectivity index (χ0) is 11.7. The zero-order valence-corrected chi connectivity index (χ0v) is 10.1. The van der Waals surface area contributed by atoms with E-state index >= 15 is 0 Å².